The Bertz CT molecular complexity index is 491. The number of carbonyl (C=O) groups excluding carboxylic acids is 1. The first-order valence-corrected chi connectivity index (χ1v) is 6.50. The van der Waals surface area contributed by atoms with Crippen molar-refractivity contribution in [3.05, 3.63) is 33.8 Å². The van der Waals surface area contributed by atoms with Crippen molar-refractivity contribution in [2.24, 2.45) is 0 Å². The van der Waals surface area contributed by atoms with Gasteiger partial charge in [0.1, 0.15) is 0 Å². The molecule has 1 rings (SSSR count). The number of rotatable bonds is 5. The average molecular weight is 304 g/mol. The van der Waals surface area contributed by atoms with Crippen LogP contribution in [-0.4, -0.2) is 35.5 Å². The lowest BCUT2D eigenvalue weighted by Crippen LogP contribution is -2.32. The van der Waals surface area contributed by atoms with E-state index in [1.165, 1.54) is 4.90 Å². The highest BCUT2D eigenvalue weighted by Crippen LogP contribution is 2.27. The van der Waals surface area contributed by atoms with Gasteiger partial charge in [-0.25, -0.2) is 0 Å². The molecule has 4 nitrogen and oxygen atoms in total. The van der Waals surface area contributed by atoms with Crippen molar-refractivity contribution in [1.82, 2.24) is 4.90 Å². The van der Waals surface area contributed by atoms with Gasteiger partial charge in [-0.3, -0.25) is 9.59 Å². The minimum atomic E-state index is -0.929. The van der Waals surface area contributed by atoms with E-state index in [4.69, 9.17) is 28.3 Å². The molecule has 104 valence electrons. The van der Waals surface area contributed by atoms with Crippen LogP contribution >= 0.6 is 23.2 Å². The van der Waals surface area contributed by atoms with Crippen molar-refractivity contribution in [2.45, 2.75) is 19.3 Å². The van der Waals surface area contributed by atoms with E-state index in [-0.39, 0.29) is 18.9 Å². The van der Waals surface area contributed by atoms with Crippen molar-refractivity contribution < 1.29 is 14.7 Å². The Kier molecular flexibility index (Phi) is 5.63. The first-order chi connectivity index (χ1) is 8.82. The third-order valence-electron chi connectivity index (χ3n) is 2.85. The SMILES string of the molecule is CC(C(=O)N(C)CCC(=O)O)c1ccc(Cl)c(Cl)c1. The average Bonchev–Trinajstić information content (AvgIpc) is 2.37. The number of nitrogens with zero attached hydrogens (tertiary/aromatic N) is 1. The number of carboxylic acids is 1. The first kappa shape index (κ1) is 15.8. The third-order valence-corrected chi connectivity index (χ3v) is 3.59. The highest BCUT2D eigenvalue weighted by atomic mass is 35.5. The second-order valence-corrected chi connectivity index (χ2v) is 5.11. The molecule has 0 aliphatic carbocycles. The Hall–Kier alpha value is -1.26. The Morgan fingerprint density at radius 1 is 1.32 bits per heavy atom. The van der Waals surface area contributed by atoms with Gasteiger partial charge in [0.25, 0.3) is 0 Å². The van der Waals surface area contributed by atoms with Gasteiger partial charge < -0.3 is 10.0 Å². The topological polar surface area (TPSA) is 57.6 Å². The monoisotopic (exact) mass is 303 g/mol. The van der Waals surface area contributed by atoms with Crippen molar-refractivity contribution >= 4 is 35.1 Å². The number of halogens is 2. The number of likely N-dealkylation sites (N-methyl/N-ethyl adjacent to an activating group) is 1. The summed E-state index contributed by atoms with van der Waals surface area (Å²) in [4.78, 5) is 24.0. The van der Waals surface area contributed by atoms with Crippen molar-refractivity contribution in [2.75, 3.05) is 13.6 Å². The number of hydrogen-bond donors (Lipinski definition) is 1. The van der Waals surface area contributed by atoms with Crippen LogP contribution in [-0.2, 0) is 9.59 Å². The van der Waals surface area contributed by atoms with Crippen LogP contribution in [0.25, 0.3) is 0 Å². The summed E-state index contributed by atoms with van der Waals surface area (Å²) in [6.45, 7) is 1.93. The van der Waals surface area contributed by atoms with Crippen LogP contribution in [0.2, 0.25) is 10.0 Å². The molecule has 0 fully saturated rings. The Morgan fingerprint density at radius 2 is 1.95 bits per heavy atom. The molecular weight excluding hydrogens is 289 g/mol. The van der Waals surface area contributed by atoms with Gasteiger partial charge >= 0.3 is 5.97 Å². The number of benzene rings is 1. The van der Waals surface area contributed by atoms with E-state index in [0.717, 1.165) is 5.56 Å². The van der Waals surface area contributed by atoms with Crippen LogP contribution in [0.1, 0.15) is 24.8 Å². The van der Waals surface area contributed by atoms with E-state index in [0.29, 0.717) is 10.0 Å². The van der Waals surface area contributed by atoms with E-state index < -0.39 is 11.9 Å². The smallest absolute Gasteiger partial charge is 0.305 e. The zero-order chi connectivity index (χ0) is 14.6. The first-order valence-electron chi connectivity index (χ1n) is 5.74. The molecule has 1 aromatic carbocycles. The molecule has 1 aromatic rings. The van der Waals surface area contributed by atoms with Gasteiger partial charge in [0.2, 0.25) is 5.91 Å². The van der Waals surface area contributed by atoms with Crippen LogP contribution < -0.4 is 0 Å². The second-order valence-electron chi connectivity index (χ2n) is 4.30. The van der Waals surface area contributed by atoms with Gasteiger partial charge in [0, 0.05) is 13.6 Å². The maximum absolute atomic E-state index is 12.1. The van der Waals surface area contributed by atoms with Gasteiger partial charge in [-0.1, -0.05) is 29.3 Å². The minimum absolute atomic E-state index is 0.0731. The molecule has 0 aliphatic heterocycles. The highest BCUT2D eigenvalue weighted by molar-refractivity contribution is 6.42. The summed E-state index contributed by atoms with van der Waals surface area (Å²) in [6, 6.07) is 5.03. The largest absolute Gasteiger partial charge is 0.481 e. The van der Waals surface area contributed by atoms with Crippen molar-refractivity contribution in [3.63, 3.8) is 0 Å². The van der Waals surface area contributed by atoms with E-state index in [1.807, 2.05) is 0 Å². The zero-order valence-corrected chi connectivity index (χ0v) is 12.2. The molecule has 0 aliphatic rings. The molecule has 0 saturated carbocycles. The van der Waals surface area contributed by atoms with Gasteiger partial charge in [0.05, 0.1) is 22.4 Å². The fraction of sp³-hybridized carbons (Fsp3) is 0.385. The Balaban J connectivity index is 2.75. The molecule has 1 atom stereocenters. The lowest BCUT2D eigenvalue weighted by atomic mass is 10.00. The van der Waals surface area contributed by atoms with Crippen LogP contribution in [0.5, 0.6) is 0 Å². The number of hydrogen-bond acceptors (Lipinski definition) is 2. The van der Waals surface area contributed by atoms with E-state index in [2.05, 4.69) is 0 Å². The predicted molar refractivity (Wildman–Crippen MR) is 74.8 cm³/mol. The van der Waals surface area contributed by atoms with Gasteiger partial charge in [-0.2, -0.15) is 0 Å². The minimum Gasteiger partial charge on any atom is -0.481 e. The van der Waals surface area contributed by atoms with Crippen molar-refractivity contribution in [3.8, 4) is 0 Å². The third kappa shape index (κ3) is 4.40. The molecule has 0 spiro atoms. The zero-order valence-electron chi connectivity index (χ0n) is 10.7. The van der Waals surface area contributed by atoms with Gasteiger partial charge in [-0.05, 0) is 24.6 Å². The molecule has 0 aromatic heterocycles. The summed E-state index contributed by atoms with van der Waals surface area (Å²) >= 11 is 11.7. The maximum atomic E-state index is 12.1. The van der Waals surface area contributed by atoms with E-state index in [9.17, 15) is 9.59 Å². The number of aliphatic carboxylic acids is 1. The quantitative estimate of drug-likeness (QED) is 0.909. The van der Waals surface area contributed by atoms with Crippen LogP contribution in [0, 0.1) is 0 Å². The lowest BCUT2D eigenvalue weighted by molar-refractivity contribution is -0.138. The van der Waals surface area contributed by atoms with Crippen LogP contribution in [0.4, 0.5) is 0 Å². The van der Waals surface area contributed by atoms with E-state index in [1.54, 1.807) is 32.2 Å². The standard InChI is InChI=1S/C13H15Cl2NO3/c1-8(9-3-4-10(14)11(15)7-9)13(19)16(2)6-5-12(17)18/h3-4,7-8H,5-6H2,1-2H3,(H,17,18). The molecule has 1 amide bonds. The van der Waals surface area contributed by atoms with E-state index >= 15 is 0 Å². The molecule has 0 heterocycles. The summed E-state index contributed by atoms with van der Waals surface area (Å²) in [5.41, 5.74) is 0.751. The highest BCUT2D eigenvalue weighted by Gasteiger charge is 2.20. The number of carboxylic acid groups (broad SMARTS) is 1. The van der Waals surface area contributed by atoms with Gasteiger partial charge in [0.15, 0.2) is 0 Å². The molecule has 0 bridgehead atoms. The summed E-state index contributed by atoms with van der Waals surface area (Å²) in [5, 5.41) is 9.43. The Morgan fingerprint density at radius 3 is 2.47 bits per heavy atom. The predicted octanol–water partition coefficient (Wildman–Crippen LogP) is 3.03. The van der Waals surface area contributed by atoms with Crippen LogP contribution in [0.15, 0.2) is 18.2 Å². The van der Waals surface area contributed by atoms with Gasteiger partial charge in [-0.15, -0.1) is 0 Å². The molecule has 19 heavy (non-hydrogen) atoms. The Labute approximate surface area is 121 Å². The molecule has 0 radical (unpaired) electrons. The lowest BCUT2D eigenvalue weighted by Gasteiger charge is -2.21. The van der Waals surface area contributed by atoms with Crippen molar-refractivity contribution in [1.29, 1.82) is 0 Å². The van der Waals surface area contributed by atoms with Crippen LogP contribution in [0.3, 0.4) is 0 Å². The fourth-order valence-electron chi connectivity index (χ4n) is 1.63. The normalized spacial score (nSPS) is 12.0. The maximum Gasteiger partial charge on any atom is 0.305 e. The number of carbonyl (C=O) groups is 2. The molecule has 0 saturated heterocycles. The number of amides is 1. The summed E-state index contributed by atoms with van der Waals surface area (Å²) in [6.07, 6.45) is -0.0731. The fourth-order valence-corrected chi connectivity index (χ4v) is 1.93. The molecular formula is C13H15Cl2NO3. The molecule has 1 N–H and O–H groups in total. The molecule has 6 heteroatoms. The summed E-state index contributed by atoms with van der Waals surface area (Å²) in [7, 11) is 1.58. The summed E-state index contributed by atoms with van der Waals surface area (Å²) < 4.78 is 0. The summed E-state index contributed by atoms with van der Waals surface area (Å²) in [5.74, 6) is -1.48. The molecule has 1 unspecified atom stereocenters. The second kappa shape index (κ2) is 6.78.